The Morgan fingerprint density at radius 2 is 2.09 bits per heavy atom. The monoisotopic (exact) mass is 444 g/mol. The van der Waals surface area contributed by atoms with Gasteiger partial charge in [-0.1, -0.05) is 17.7 Å². The highest BCUT2D eigenvalue weighted by molar-refractivity contribution is 6.12. The van der Waals surface area contributed by atoms with Crippen LogP contribution in [-0.2, 0) is 9.53 Å². The topological polar surface area (TPSA) is 116 Å². The molecular formula is C24H24N6O3. The first-order valence-corrected chi connectivity index (χ1v) is 10.8. The first kappa shape index (κ1) is 20.9. The van der Waals surface area contributed by atoms with Gasteiger partial charge in [0.1, 0.15) is 11.8 Å². The Hall–Kier alpha value is -3.98. The molecular weight excluding hydrogens is 420 g/mol. The molecule has 0 radical (unpaired) electrons. The highest BCUT2D eigenvalue weighted by Gasteiger charge is 2.30. The van der Waals surface area contributed by atoms with Gasteiger partial charge in [0.15, 0.2) is 0 Å². The van der Waals surface area contributed by atoms with E-state index in [1.165, 1.54) is 6.92 Å². The quantitative estimate of drug-likeness (QED) is 0.446. The largest absolute Gasteiger partial charge is 0.368 e. The van der Waals surface area contributed by atoms with Crippen molar-refractivity contribution in [2.45, 2.75) is 20.0 Å². The van der Waals surface area contributed by atoms with E-state index in [0.717, 1.165) is 33.5 Å². The molecule has 9 nitrogen and oxygen atoms in total. The van der Waals surface area contributed by atoms with Crippen molar-refractivity contribution in [1.29, 1.82) is 0 Å². The third-order valence-electron chi connectivity index (χ3n) is 5.70. The Labute approximate surface area is 190 Å². The number of carbonyl (C=O) groups excluding carboxylic acids is 2. The van der Waals surface area contributed by atoms with Crippen LogP contribution in [0.15, 0.2) is 48.7 Å². The summed E-state index contributed by atoms with van der Waals surface area (Å²) in [5.41, 5.74) is 5.03. The van der Waals surface area contributed by atoms with Gasteiger partial charge in [0, 0.05) is 30.6 Å². The molecule has 0 aliphatic carbocycles. The number of amides is 2. The summed E-state index contributed by atoms with van der Waals surface area (Å²) in [5, 5.41) is 10.5. The number of aromatic amines is 2. The molecule has 2 amide bonds. The second kappa shape index (κ2) is 8.51. The molecule has 1 atom stereocenters. The van der Waals surface area contributed by atoms with Crippen molar-refractivity contribution in [3.05, 3.63) is 65.6 Å². The van der Waals surface area contributed by atoms with E-state index in [4.69, 9.17) is 9.72 Å². The number of H-pyrrole nitrogens is 2. The number of rotatable bonds is 4. The van der Waals surface area contributed by atoms with Crippen LogP contribution in [0, 0.1) is 6.92 Å². The molecule has 0 bridgehead atoms. The van der Waals surface area contributed by atoms with Crippen LogP contribution in [-0.4, -0.2) is 56.6 Å². The summed E-state index contributed by atoms with van der Waals surface area (Å²) >= 11 is 0. The molecule has 1 aromatic carbocycles. The van der Waals surface area contributed by atoms with Gasteiger partial charge in [-0.15, -0.1) is 0 Å². The maximum Gasteiger partial charge on any atom is 0.272 e. The number of benzene rings is 1. The van der Waals surface area contributed by atoms with Gasteiger partial charge in [-0.3, -0.25) is 14.7 Å². The minimum absolute atomic E-state index is 0.189. The standard InChI is InChI=1S/C24H24N6O3/c1-14-6-7-17-16(12-14)22(26-15(2)31)23(28-17)24(32)30-10-11-33-21(13-30)20-5-3-4-18(27-20)19-8-9-25-29-19/h3-9,12,21,28H,10-11,13H2,1-2H3,(H,25,29)(H,26,31). The Morgan fingerprint density at radius 3 is 2.88 bits per heavy atom. The summed E-state index contributed by atoms with van der Waals surface area (Å²) in [7, 11) is 0. The second-order valence-electron chi connectivity index (χ2n) is 8.13. The summed E-state index contributed by atoms with van der Waals surface area (Å²) in [6, 6.07) is 13.4. The van der Waals surface area contributed by atoms with Crippen molar-refractivity contribution in [1.82, 2.24) is 25.1 Å². The van der Waals surface area contributed by atoms with Crippen molar-refractivity contribution in [2.24, 2.45) is 0 Å². The number of anilines is 1. The van der Waals surface area contributed by atoms with Crippen LogP contribution < -0.4 is 5.32 Å². The SMILES string of the molecule is CC(=O)Nc1c(C(=O)N2CCOC(c3cccc(-c4ccn[nH]4)n3)C2)[nH]c2ccc(C)cc12. The Kier molecular flexibility index (Phi) is 5.39. The highest BCUT2D eigenvalue weighted by Crippen LogP contribution is 2.31. The van der Waals surface area contributed by atoms with Crippen molar-refractivity contribution in [3.63, 3.8) is 0 Å². The summed E-state index contributed by atoms with van der Waals surface area (Å²) in [6.45, 7) is 4.60. The lowest BCUT2D eigenvalue weighted by Gasteiger charge is -2.32. The van der Waals surface area contributed by atoms with Crippen LogP contribution in [0.25, 0.3) is 22.3 Å². The van der Waals surface area contributed by atoms with Gasteiger partial charge in [0.05, 0.1) is 35.9 Å². The van der Waals surface area contributed by atoms with E-state index in [2.05, 4.69) is 20.5 Å². The summed E-state index contributed by atoms with van der Waals surface area (Å²) in [4.78, 5) is 35.1. The van der Waals surface area contributed by atoms with Gasteiger partial charge in [-0.2, -0.15) is 5.10 Å². The lowest BCUT2D eigenvalue weighted by molar-refractivity contribution is -0.114. The number of aryl methyl sites for hydroxylation is 1. The van der Waals surface area contributed by atoms with Gasteiger partial charge in [-0.25, -0.2) is 4.98 Å². The van der Waals surface area contributed by atoms with Gasteiger partial charge in [-0.05, 0) is 37.3 Å². The summed E-state index contributed by atoms with van der Waals surface area (Å²) in [5.74, 6) is -0.420. The molecule has 33 heavy (non-hydrogen) atoms. The fourth-order valence-electron chi connectivity index (χ4n) is 4.12. The number of hydrogen-bond donors (Lipinski definition) is 3. The highest BCUT2D eigenvalue weighted by atomic mass is 16.5. The molecule has 4 heterocycles. The molecule has 5 rings (SSSR count). The first-order valence-electron chi connectivity index (χ1n) is 10.8. The van der Waals surface area contributed by atoms with E-state index >= 15 is 0 Å². The minimum Gasteiger partial charge on any atom is -0.368 e. The van der Waals surface area contributed by atoms with Crippen LogP contribution in [0.3, 0.4) is 0 Å². The van der Waals surface area contributed by atoms with Crippen LogP contribution in [0.4, 0.5) is 5.69 Å². The lowest BCUT2D eigenvalue weighted by Crippen LogP contribution is -2.42. The van der Waals surface area contributed by atoms with E-state index in [1.54, 1.807) is 11.1 Å². The second-order valence-corrected chi connectivity index (χ2v) is 8.13. The molecule has 1 fully saturated rings. The summed E-state index contributed by atoms with van der Waals surface area (Å²) < 4.78 is 5.96. The first-order chi connectivity index (χ1) is 16.0. The molecule has 0 spiro atoms. The smallest absolute Gasteiger partial charge is 0.272 e. The average Bonchev–Trinajstić information content (AvgIpc) is 3.47. The molecule has 0 saturated carbocycles. The number of hydrogen-bond acceptors (Lipinski definition) is 5. The van der Waals surface area contributed by atoms with Gasteiger partial charge >= 0.3 is 0 Å². The fraction of sp³-hybridized carbons (Fsp3) is 0.250. The van der Waals surface area contributed by atoms with E-state index in [0.29, 0.717) is 31.1 Å². The predicted octanol–water partition coefficient (Wildman–Crippen LogP) is 3.43. The maximum atomic E-state index is 13.5. The van der Waals surface area contributed by atoms with Gasteiger partial charge in [0.2, 0.25) is 5.91 Å². The molecule has 1 aliphatic rings. The molecule has 168 valence electrons. The van der Waals surface area contributed by atoms with Crippen molar-refractivity contribution in [3.8, 4) is 11.4 Å². The third-order valence-corrected chi connectivity index (χ3v) is 5.70. The molecule has 1 unspecified atom stereocenters. The number of aromatic nitrogens is 4. The number of carbonyl (C=O) groups is 2. The molecule has 4 aromatic rings. The van der Waals surface area contributed by atoms with E-state index in [-0.39, 0.29) is 17.9 Å². The normalized spacial score (nSPS) is 16.2. The zero-order valence-electron chi connectivity index (χ0n) is 18.4. The number of nitrogens with zero attached hydrogens (tertiary/aromatic N) is 3. The zero-order valence-corrected chi connectivity index (χ0v) is 18.4. The molecule has 3 N–H and O–H groups in total. The Bertz CT molecular complexity index is 1330. The number of pyridine rings is 1. The average molecular weight is 444 g/mol. The predicted molar refractivity (Wildman–Crippen MR) is 124 cm³/mol. The minimum atomic E-state index is -0.360. The fourth-order valence-corrected chi connectivity index (χ4v) is 4.12. The Balaban J connectivity index is 1.44. The van der Waals surface area contributed by atoms with Crippen molar-refractivity contribution in [2.75, 3.05) is 25.0 Å². The van der Waals surface area contributed by atoms with Crippen LogP contribution in [0.5, 0.6) is 0 Å². The van der Waals surface area contributed by atoms with Crippen molar-refractivity contribution < 1.29 is 14.3 Å². The molecule has 1 saturated heterocycles. The summed E-state index contributed by atoms with van der Waals surface area (Å²) in [6.07, 6.45) is 1.32. The van der Waals surface area contributed by atoms with E-state index in [1.807, 2.05) is 49.4 Å². The third kappa shape index (κ3) is 4.10. The molecule has 3 aromatic heterocycles. The van der Waals surface area contributed by atoms with Gasteiger partial charge in [0.25, 0.3) is 5.91 Å². The van der Waals surface area contributed by atoms with E-state index in [9.17, 15) is 9.59 Å². The number of morpholine rings is 1. The number of nitrogens with one attached hydrogen (secondary N) is 3. The number of ether oxygens (including phenoxy) is 1. The van der Waals surface area contributed by atoms with Crippen LogP contribution in [0.2, 0.25) is 0 Å². The van der Waals surface area contributed by atoms with Gasteiger partial charge < -0.3 is 19.9 Å². The zero-order chi connectivity index (χ0) is 22.9. The van der Waals surface area contributed by atoms with Crippen LogP contribution >= 0.6 is 0 Å². The molecule has 9 heteroatoms. The van der Waals surface area contributed by atoms with Crippen molar-refractivity contribution >= 4 is 28.4 Å². The Morgan fingerprint density at radius 1 is 1.21 bits per heavy atom. The van der Waals surface area contributed by atoms with Crippen LogP contribution in [0.1, 0.15) is 34.8 Å². The maximum absolute atomic E-state index is 13.5. The molecule has 1 aliphatic heterocycles. The lowest BCUT2D eigenvalue weighted by atomic mass is 10.1. The number of fused-ring (bicyclic) bond motifs is 1. The van der Waals surface area contributed by atoms with E-state index < -0.39 is 0 Å².